The van der Waals surface area contributed by atoms with Crippen molar-refractivity contribution in [3.05, 3.63) is 111 Å². The number of benzene rings is 3. The van der Waals surface area contributed by atoms with Gasteiger partial charge >= 0.3 is 6.18 Å². The number of thioether (sulfide) groups is 1. The van der Waals surface area contributed by atoms with Crippen LogP contribution < -0.4 is 15.6 Å². The van der Waals surface area contributed by atoms with E-state index in [0.29, 0.717) is 57.4 Å². The van der Waals surface area contributed by atoms with Crippen LogP contribution in [0.3, 0.4) is 0 Å². The van der Waals surface area contributed by atoms with Gasteiger partial charge in [-0.05, 0) is 60.4 Å². The largest absolute Gasteiger partial charge is 0.489 e. The number of nitrogens with one attached hydrogen (secondary N) is 1. The zero-order valence-corrected chi connectivity index (χ0v) is 26.6. The molecule has 46 heavy (non-hydrogen) atoms. The molecule has 1 saturated carbocycles. The van der Waals surface area contributed by atoms with Crippen molar-refractivity contribution in [2.24, 2.45) is 0 Å². The second-order valence-electron chi connectivity index (χ2n) is 11.4. The molecular weight excluding hydrogens is 634 g/mol. The number of aromatic nitrogens is 2. The van der Waals surface area contributed by atoms with Gasteiger partial charge in [-0.2, -0.15) is 13.2 Å². The van der Waals surface area contributed by atoms with Gasteiger partial charge in [-0.25, -0.2) is 4.98 Å². The van der Waals surface area contributed by atoms with Gasteiger partial charge in [0.2, 0.25) is 5.91 Å². The first kappa shape index (κ1) is 32.2. The molecule has 1 N–H and O–H groups in total. The van der Waals surface area contributed by atoms with Crippen LogP contribution in [0.25, 0.3) is 5.69 Å². The molecule has 0 radical (unpaired) electrons. The van der Waals surface area contributed by atoms with Crippen molar-refractivity contribution in [3.8, 4) is 11.4 Å². The van der Waals surface area contributed by atoms with E-state index in [4.69, 9.17) is 9.72 Å². The van der Waals surface area contributed by atoms with Gasteiger partial charge < -0.3 is 15.0 Å². The fourth-order valence-corrected chi connectivity index (χ4v) is 6.91. The summed E-state index contributed by atoms with van der Waals surface area (Å²) in [6.45, 7) is 1.40. The van der Waals surface area contributed by atoms with Gasteiger partial charge in [-0.15, -0.1) is 12.6 Å². The number of amides is 1. The molecule has 6 rings (SSSR count). The summed E-state index contributed by atoms with van der Waals surface area (Å²) in [6, 6.07) is 19.7. The lowest BCUT2D eigenvalue weighted by atomic mass is 10.0. The maximum Gasteiger partial charge on any atom is 0.416 e. The number of halogens is 3. The van der Waals surface area contributed by atoms with Crippen LogP contribution in [0.2, 0.25) is 0 Å². The van der Waals surface area contributed by atoms with Crippen LogP contribution in [0.5, 0.6) is 5.75 Å². The normalized spacial score (nSPS) is 14.9. The maximum atomic E-state index is 13.9. The first-order valence-corrected chi connectivity index (χ1v) is 16.4. The number of hydrogen-bond donors (Lipinski definition) is 2. The lowest BCUT2D eigenvalue weighted by Gasteiger charge is -2.30. The van der Waals surface area contributed by atoms with Crippen LogP contribution in [-0.4, -0.2) is 38.7 Å². The summed E-state index contributed by atoms with van der Waals surface area (Å²) in [5.74, 6) is 0.483. The Kier molecular flexibility index (Phi) is 9.76. The van der Waals surface area contributed by atoms with Crippen molar-refractivity contribution in [2.75, 3.05) is 13.1 Å². The smallest absolute Gasteiger partial charge is 0.416 e. The molecular formula is C34H33F3N4O3S2. The van der Waals surface area contributed by atoms with E-state index >= 15 is 0 Å². The summed E-state index contributed by atoms with van der Waals surface area (Å²) in [4.78, 5) is 34.4. The van der Waals surface area contributed by atoms with Crippen LogP contribution in [0.1, 0.15) is 47.2 Å². The number of nitrogens with zero attached hydrogens (tertiary/aromatic N) is 3. The van der Waals surface area contributed by atoms with E-state index < -0.39 is 11.7 Å². The number of rotatable bonds is 10. The minimum Gasteiger partial charge on any atom is -0.489 e. The topological polar surface area (TPSA) is 76.5 Å². The molecule has 1 fully saturated rings. The van der Waals surface area contributed by atoms with Gasteiger partial charge in [0.1, 0.15) is 12.4 Å². The van der Waals surface area contributed by atoms with Gasteiger partial charge in [-0.1, -0.05) is 54.6 Å². The Balaban J connectivity index is 1.04. The Morgan fingerprint density at radius 2 is 1.74 bits per heavy atom. The Hall–Kier alpha value is -3.74. The zero-order valence-electron chi connectivity index (χ0n) is 24.9. The molecule has 0 atom stereocenters. The number of thiol groups is 1. The van der Waals surface area contributed by atoms with Crippen LogP contribution in [0.4, 0.5) is 13.2 Å². The number of carbonyl (C=O) groups is 1. The summed E-state index contributed by atoms with van der Waals surface area (Å²) in [6.07, 6.45) is -0.439. The van der Waals surface area contributed by atoms with E-state index in [9.17, 15) is 22.8 Å². The molecule has 3 aromatic carbocycles. The highest BCUT2D eigenvalue weighted by atomic mass is 32.2. The molecule has 4 aromatic rings. The molecule has 0 saturated heterocycles. The van der Waals surface area contributed by atoms with Gasteiger partial charge in [0.25, 0.3) is 5.56 Å². The van der Waals surface area contributed by atoms with E-state index in [1.165, 1.54) is 18.6 Å². The highest BCUT2D eigenvalue weighted by Gasteiger charge is 2.30. The van der Waals surface area contributed by atoms with E-state index in [1.54, 1.807) is 33.4 Å². The lowest BCUT2D eigenvalue weighted by Crippen LogP contribution is -2.44. The van der Waals surface area contributed by atoms with Crippen LogP contribution in [0, 0.1) is 0 Å². The molecule has 240 valence electrons. The first-order chi connectivity index (χ1) is 22.2. The summed E-state index contributed by atoms with van der Waals surface area (Å²) < 4.78 is 45.7. The van der Waals surface area contributed by atoms with Crippen molar-refractivity contribution >= 4 is 30.3 Å². The minimum atomic E-state index is -4.37. The number of para-hydroxylation sites is 1. The van der Waals surface area contributed by atoms with Crippen molar-refractivity contribution in [3.63, 3.8) is 0 Å². The fourth-order valence-electron chi connectivity index (χ4n) is 5.34. The second-order valence-corrected chi connectivity index (χ2v) is 13.2. The first-order valence-electron chi connectivity index (χ1n) is 15.1. The molecule has 1 amide bonds. The van der Waals surface area contributed by atoms with Crippen LogP contribution in [-0.2, 0) is 37.1 Å². The third-order valence-corrected chi connectivity index (χ3v) is 9.88. The average Bonchev–Trinajstić information content (AvgIpc) is 3.03. The molecule has 0 bridgehead atoms. The van der Waals surface area contributed by atoms with Crippen molar-refractivity contribution in [1.82, 2.24) is 19.8 Å². The molecule has 1 aliphatic carbocycles. The minimum absolute atomic E-state index is 0.101. The third kappa shape index (κ3) is 7.45. The average molecular weight is 667 g/mol. The van der Waals surface area contributed by atoms with Crippen LogP contribution in [0.15, 0.2) is 87.6 Å². The molecule has 7 nitrogen and oxygen atoms in total. The van der Waals surface area contributed by atoms with E-state index in [-0.39, 0.29) is 31.2 Å². The Labute approximate surface area is 274 Å². The van der Waals surface area contributed by atoms with Gasteiger partial charge in [0, 0.05) is 29.7 Å². The number of alkyl halides is 3. The Bertz CT molecular complexity index is 1760. The molecule has 1 aromatic heterocycles. The molecule has 12 heteroatoms. The second kappa shape index (κ2) is 13.9. The molecule has 0 unspecified atom stereocenters. The molecule has 1 aliphatic heterocycles. The number of hydrogen-bond acceptors (Lipinski definition) is 7. The van der Waals surface area contributed by atoms with E-state index in [0.717, 1.165) is 36.2 Å². The molecule has 2 aliphatic rings. The lowest BCUT2D eigenvalue weighted by molar-refractivity contribution is -0.137. The summed E-state index contributed by atoms with van der Waals surface area (Å²) >= 11 is 6.26. The van der Waals surface area contributed by atoms with Gasteiger partial charge in [-0.3, -0.25) is 14.2 Å². The van der Waals surface area contributed by atoms with Crippen molar-refractivity contribution in [2.45, 2.75) is 66.9 Å². The van der Waals surface area contributed by atoms with Gasteiger partial charge in [0.05, 0.1) is 35.6 Å². The highest BCUT2D eigenvalue weighted by Crippen LogP contribution is 2.37. The van der Waals surface area contributed by atoms with E-state index in [2.05, 4.69) is 17.9 Å². The quantitative estimate of drug-likeness (QED) is 0.150. The molecule has 2 heterocycles. The van der Waals surface area contributed by atoms with Crippen LogP contribution >= 0.6 is 24.4 Å². The summed E-state index contributed by atoms with van der Waals surface area (Å²) in [5, 5.41) is 4.32. The number of fused-ring (bicyclic) bond motifs is 1. The Morgan fingerprint density at radius 3 is 2.41 bits per heavy atom. The molecule has 0 spiro atoms. The van der Waals surface area contributed by atoms with Gasteiger partial charge in [0.15, 0.2) is 5.16 Å². The highest BCUT2D eigenvalue weighted by molar-refractivity contribution is 7.99. The predicted molar refractivity (Wildman–Crippen MR) is 174 cm³/mol. The van der Waals surface area contributed by atoms with Crippen molar-refractivity contribution in [1.29, 1.82) is 0 Å². The number of ether oxygens (including phenoxy) is 1. The summed E-state index contributed by atoms with van der Waals surface area (Å²) in [5.41, 5.74) is 2.71. The van der Waals surface area contributed by atoms with Crippen molar-refractivity contribution < 1.29 is 22.7 Å². The monoisotopic (exact) mass is 666 g/mol. The number of carbonyl (C=O) groups excluding carboxylic acids is 1. The third-order valence-electron chi connectivity index (χ3n) is 8.21. The predicted octanol–water partition coefficient (Wildman–Crippen LogP) is 6.44. The maximum absolute atomic E-state index is 13.9. The zero-order chi connectivity index (χ0) is 32.3. The SMILES string of the molecule is O=C(CNCc1ccc(OCc2ccc(C(F)(F)F)cc2)cc1)N1CCc2nc(SC3CCC3)n(-c3ccccc3S)c(=O)c2C1. The standard InChI is InChI=1S/C34H33F3N4O3S2/c35-34(36,37)24-12-8-23(9-13-24)21-44-25-14-10-22(11-15-25)18-38-19-31(42)40-17-16-28-27(20-40)32(43)41(29-6-1-2-7-30(29)45)33(39-28)46-26-4-3-5-26/h1-2,6-15,26,38,45H,3-5,16-21H2. The van der Waals surface area contributed by atoms with E-state index in [1.807, 2.05) is 36.4 Å². The summed E-state index contributed by atoms with van der Waals surface area (Å²) in [7, 11) is 0. The Morgan fingerprint density at radius 1 is 1.02 bits per heavy atom. The fraction of sp³-hybridized carbons (Fsp3) is 0.324.